The van der Waals surface area contributed by atoms with Crippen molar-refractivity contribution >= 4 is 17.5 Å². The number of halogens is 3. The van der Waals surface area contributed by atoms with Gasteiger partial charge in [0.05, 0.1) is 0 Å². The summed E-state index contributed by atoms with van der Waals surface area (Å²) in [6.45, 7) is 3.25. The van der Waals surface area contributed by atoms with Gasteiger partial charge in [-0.15, -0.1) is 0 Å². The quantitative estimate of drug-likeness (QED) is 0.439. The fourth-order valence-corrected chi connectivity index (χ4v) is 3.98. The minimum absolute atomic E-state index is 0.0212. The number of alkyl halides is 3. The number of carbonyl (C=O) groups is 2. The summed E-state index contributed by atoms with van der Waals surface area (Å²) in [5.41, 5.74) is 4.31. The predicted octanol–water partition coefficient (Wildman–Crippen LogP) is 4.15. The molecular weight excluding hydrogens is 489 g/mol. The average Bonchev–Trinajstić information content (AvgIpc) is 3.32. The van der Waals surface area contributed by atoms with Crippen molar-refractivity contribution in [2.75, 3.05) is 13.1 Å². The molecule has 192 valence electrons. The molecule has 1 fully saturated rings. The van der Waals surface area contributed by atoms with Crippen molar-refractivity contribution in [1.82, 2.24) is 29.5 Å². The number of hydrogen-bond acceptors (Lipinski definition) is 6. The Morgan fingerprint density at radius 1 is 1.03 bits per heavy atom. The molecule has 1 N–H and O–H groups in total. The molecule has 0 radical (unpaired) electrons. The summed E-state index contributed by atoms with van der Waals surface area (Å²) in [6.07, 6.45) is 2.37. The Hall–Kier alpha value is -4.35. The fourth-order valence-electron chi connectivity index (χ4n) is 3.98. The molecule has 9 nitrogen and oxygen atoms in total. The van der Waals surface area contributed by atoms with Crippen LogP contribution in [0.2, 0.25) is 0 Å². The summed E-state index contributed by atoms with van der Waals surface area (Å²) in [5, 5.41) is 11.9. The third-order valence-electron chi connectivity index (χ3n) is 5.78. The van der Waals surface area contributed by atoms with E-state index in [2.05, 4.69) is 9.97 Å². The molecule has 4 aromatic rings. The van der Waals surface area contributed by atoms with Gasteiger partial charge < -0.3 is 10.0 Å². The maximum absolute atomic E-state index is 12.9. The van der Waals surface area contributed by atoms with Crippen LogP contribution in [0.4, 0.5) is 13.2 Å². The summed E-state index contributed by atoms with van der Waals surface area (Å²) in [6, 6.07) is 13.5. The van der Waals surface area contributed by atoms with Gasteiger partial charge in [-0.25, -0.2) is 19.3 Å². The first-order valence-corrected chi connectivity index (χ1v) is 11.4. The van der Waals surface area contributed by atoms with Crippen LogP contribution in [0, 0.1) is 6.92 Å². The number of rotatable bonds is 3. The minimum atomic E-state index is -5.08. The number of amides is 1. The van der Waals surface area contributed by atoms with E-state index in [1.165, 1.54) is 0 Å². The lowest BCUT2D eigenvalue weighted by Crippen LogP contribution is -2.39. The van der Waals surface area contributed by atoms with E-state index in [9.17, 15) is 18.0 Å². The molecule has 1 saturated heterocycles. The van der Waals surface area contributed by atoms with E-state index in [1.54, 1.807) is 18.5 Å². The Labute approximate surface area is 209 Å². The molecule has 5 heterocycles. The number of fused-ring (bicyclic) bond motifs is 1. The fraction of sp³-hybridized carbons (Fsp3) is 0.280. The molecule has 0 saturated carbocycles. The zero-order valence-electron chi connectivity index (χ0n) is 19.8. The number of carboxylic acids is 1. The molecule has 1 atom stereocenters. The van der Waals surface area contributed by atoms with E-state index >= 15 is 0 Å². The highest BCUT2D eigenvalue weighted by atomic mass is 19.4. The third-order valence-corrected chi connectivity index (χ3v) is 5.78. The number of aliphatic carboxylic acids is 1. The smallest absolute Gasteiger partial charge is 0.475 e. The molecule has 0 aliphatic carbocycles. The summed E-state index contributed by atoms with van der Waals surface area (Å²) >= 11 is 0. The van der Waals surface area contributed by atoms with Crippen molar-refractivity contribution in [2.24, 2.45) is 0 Å². The van der Waals surface area contributed by atoms with Crippen LogP contribution >= 0.6 is 0 Å². The third kappa shape index (κ3) is 6.26. The molecule has 4 aromatic heterocycles. The van der Waals surface area contributed by atoms with Crippen LogP contribution < -0.4 is 0 Å². The number of aromatic nitrogens is 5. The van der Waals surface area contributed by atoms with Crippen molar-refractivity contribution < 1.29 is 27.9 Å². The second-order valence-electron chi connectivity index (χ2n) is 8.48. The Kier molecular flexibility index (Phi) is 7.46. The highest BCUT2D eigenvalue weighted by Gasteiger charge is 2.38. The lowest BCUT2D eigenvalue weighted by molar-refractivity contribution is -0.192. The Morgan fingerprint density at radius 2 is 1.76 bits per heavy atom. The number of carboxylic acid groups (broad SMARTS) is 1. The van der Waals surface area contributed by atoms with Crippen molar-refractivity contribution in [3.05, 3.63) is 78.3 Å². The van der Waals surface area contributed by atoms with Gasteiger partial charge >= 0.3 is 12.1 Å². The lowest BCUT2D eigenvalue weighted by Gasteiger charge is -2.31. The normalized spacial score (nSPS) is 15.7. The van der Waals surface area contributed by atoms with E-state index in [4.69, 9.17) is 20.0 Å². The second-order valence-corrected chi connectivity index (χ2v) is 8.48. The van der Waals surface area contributed by atoms with Crippen LogP contribution in [0.3, 0.4) is 0 Å². The van der Waals surface area contributed by atoms with Gasteiger partial charge in [0.2, 0.25) is 0 Å². The first kappa shape index (κ1) is 25.7. The number of likely N-dealkylation sites (tertiary alicyclic amines) is 1. The van der Waals surface area contributed by atoms with Crippen LogP contribution in [-0.2, 0) is 4.79 Å². The largest absolute Gasteiger partial charge is 0.490 e. The number of carbonyl (C=O) groups excluding carboxylic acids is 1. The molecule has 5 rings (SSSR count). The van der Waals surface area contributed by atoms with Crippen molar-refractivity contribution in [3.8, 4) is 11.1 Å². The molecular formula is C25H23F3N6O3. The van der Waals surface area contributed by atoms with E-state index in [1.807, 2.05) is 58.9 Å². The van der Waals surface area contributed by atoms with Crippen LogP contribution in [-0.4, -0.2) is 65.7 Å². The lowest BCUT2D eigenvalue weighted by atomic mass is 9.97. The zero-order valence-corrected chi connectivity index (χ0v) is 19.8. The van der Waals surface area contributed by atoms with Gasteiger partial charge in [-0.3, -0.25) is 9.78 Å². The number of nitrogens with zero attached hydrogens (tertiary/aromatic N) is 6. The summed E-state index contributed by atoms with van der Waals surface area (Å²) in [5.74, 6) is -1.87. The molecule has 0 spiro atoms. The Balaban J connectivity index is 0.000000405. The second kappa shape index (κ2) is 10.7. The predicted molar refractivity (Wildman–Crippen MR) is 127 cm³/mol. The van der Waals surface area contributed by atoms with E-state index in [-0.39, 0.29) is 11.8 Å². The van der Waals surface area contributed by atoms with E-state index < -0.39 is 12.1 Å². The van der Waals surface area contributed by atoms with Gasteiger partial charge in [-0.2, -0.15) is 18.3 Å². The van der Waals surface area contributed by atoms with Crippen LogP contribution in [0.15, 0.2) is 61.1 Å². The highest BCUT2D eigenvalue weighted by Crippen LogP contribution is 2.27. The molecule has 1 unspecified atom stereocenters. The molecule has 0 bridgehead atoms. The topological polar surface area (TPSA) is 114 Å². The van der Waals surface area contributed by atoms with Gasteiger partial charge in [0, 0.05) is 48.9 Å². The first-order valence-electron chi connectivity index (χ1n) is 11.4. The number of piperidine rings is 1. The van der Waals surface area contributed by atoms with Gasteiger partial charge in [-0.1, -0.05) is 6.07 Å². The molecule has 12 heteroatoms. The van der Waals surface area contributed by atoms with Gasteiger partial charge in [0.1, 0.15) is 5.69 Å². The SMILES string of the molecule is Cc1cccc(C(=O)N2CCCC(c3nc4ccc(-c5ccncc5)cn4n3)C2)n1.O=C(O)C(F)(F)F. The van der Waals surface area contributed by atoms with Gasteiger partial charge in [0.25, 0.3) is 5.91 Å². The molecule has 37 heavy (non-hydrogen) atoms. The maximum atomic E-state index is 12.9. The monoisotopic (exact) mass is 512 g/mol. The van der Waals surface area contributed by atoms with Crippen molar-refractivity contribution in [1.29, 1.82) is 0 Å². The zero-order chi connectivity index (χ0) is 26.6. The average molecular weight is 512 g/mol. The van der Waals surface area contributed by atoms with Crippen molar-refractivity contribution in [2.45, 2.75) is 31.9 Å². The highest BCUT2D eigenvalue weighted by molar-refractivity contribution is 5.92. The Bertz CT molecular complexity index is 1410. The van der Waals surface area contributed by atoms with Crippen LogP contribution in [0.25, 0.3) is 16.8 Å². The maximum Gasteiger partial charge on any atom is 0.490 e. The van der Waals surface area contributed by atoms with E-state index in [0.29, 0.717) is 12.2 Å². The van der Waals surface area contributed by atoms with Crippen molar-refractivity contribution in [3.63, 3.8) is 0 Å². The van der Waals surface area contributed by atoms with Crippen LogP contribution in [0.5, 0.6) is 0 Å². The van der Waals surface area contributed by atoms with Crippen LogP contribution in [0.1, 0.15) is 40.8 Å². The Morgan fingerprint density at radius 3 is 2.43 bits per heavy atom. The van der Waals surface area contributed by atoms with Gasteiger partial charge in [-0.05, 0) is 61.7 Å². The molecule has 0 aromatic carbocycles. The first-order chi connectivity index (χ1) is 17.6. The summed E-state index contributed by atoms with van der Waals surface area (Å²) in [4.78, 5) is 36.9. The number of aryl methyl sites for hydroxylation is 1. The summed E-state index contributed by atoms with van der Waals surface area (Å²) in [7, 11) is 0. The number of pyridine rings is 3. The standard InChI is InChI=1S/C23H22N6O.C2HF3O2/c1-16-4-2-6-20(25-16)23(30)28-13-3-5-19(14-28)22-26-21-8-7-18(15-29(21)27-22)17-9-11-24-12-10-17;3-2(4,5)1(6)7/h2,4,6-12,15,19H,3,5,13-14H2,1H3;(H,6,7). The minimum Gasteiger partial charge on any atom is -0.475 e. The number of hydrogen-bond donors (Lipinski definition) is 1. The molecule has 1 aliphatic heterocycles. The van der Waals surface area contributed by atoms with E-state index in [0.717, 1.165) is 47.7 Å². The summed E-state index contributed by atoms with van der Waals surface area (Å²) < 4.78 is 33.6. The molecule has 1 aliphatic rings. The molecule has 1 amide bonds. The van der Waals surface area contributed by atoms with Gasteiger partial charge in [0.15, 0.2) is 11.5 Å².